The molecule has 1 fully saturated rings. The van der Waals surface area contributed by atoms with Crippen LogP contribution in [0.2, 0.25) is 0 Å². The van der Waals surface area contributed by atoms with Crippen molar-refractivity contribution >= 4 is 29.7 Å². The molecule has 0 amide bonds. The van der Waals surface area contributed by atoms with Crippen LogP contribution < -0.4 is 4.74 Å². The van der Waals surface area contributed by atoms with Crippen molar-refractivity contribution in [2.75, 3.05) is 6.61 Å². The van der Waals surface area contributed by atoms with Crippen molar-refractivity contribution in [2.24, 2.45) is 0 Å². The summed E-state index contributed by atoms with van der Waals surface area (Å²) in [5.74, 6) is -2.81. The Labute approximate surface area is 218 Å². The second-order valence-electron chi connectivity index (χ2n) is 8.41. The Balaban J connectivity index is 1.91. The fourth-order valence-electron chi connectivity index (χ4n) is 3.86. The van der Waals surface area contributed by atoms with Gasteiger partial charge in [0.25, 0.3) is 0 Å². The Morgan fingerprint density at radius 2 is 1.18 bits per heavy atom. The lowest BCUT2D eigenvalue weighted by atomic mass is 9.98. The fourth-order valence-corrected chi connectivity index (χ4v) is 3.86. The standard InChI is InChI=1S/C27H28O11/c1-15(28)33-14-22-24(34-16(2)29)25(35-17(3)30)26(36-18(4)31)27(38-22)37-21-12-10-20(11-13-21)23(32)19-8-6-5-7-9-19/h5-13,22,24-27H,14H2,1-4H3/t22-,24-,25+,26-,27-/m1/s1. The molecule has 0 aromatic heterocycles. The third kappa shape index (κ3) is 7.62. The van der Waals surface area contributed by atoms with E-state index in [-0.39, 0.29) is 18.1 Å². The van der Waals surface area contributed by atoms with Crippen molar-refractivity contribution in [1.82, 2.24) is 0 Å². The van der Waals surface area contributed by atoms with Crippen molar-refractivity contribution in [3.05, 3.63) is 65.7 Å². The van der Waals surface area contributed by atoms with Gasteiger partial charge in [-0.3, -0.25) is 24.0 Å². The first kappa shape index (κ1) is 28.3. The predicted molar refractivity (Wildman–Crippen MR) is 129 cm³/mol. The minimum Gasteiger partial charge on any atom is -0.463 e. The van der Waals surface area contributed by atoms with Crippen LogP contribution in [-0.4, -0.2) is 67.0 Å². The zero-order chi connectivity index (χ0) is 27.8. The summed E-state index contributed by atoms with van der Waals surface area (Å²) in [5.41, 5.74) is 0.922. The molecule has 0 N–H and O–H groups in total. The highest BCUT2D eigenvalue weighted by atomic mass is 16.7. The smallest absolute Gasteiger partial charge is 0.303 e. The number of benzene rings is 2. The number of carbonyl (C=O) groups excluding carboxylic acids is 5. The molecular weight excluding hydrogens is 500 g/mol. The molecule has 0 spiro atoms. The Bertz CT molecular complexity index is 1160. The van der Waals surface area contributed by atoms with Crippen LogP contribution in [-0.2, 0) is 42.9 Å². The highest BCUT2D eigenvalue weighted by molar-refractivity contribution is 6.08. The van der Waals surface area contributed by atoms with E-state index in [2.05, 4.69) is 0 Å². The molecule has 202 valence electrons. The molecule has 2 aromatic carbocycles. The van der Waals surface area contributed by atoms with Crippen LogP contribution in [0.3, 0.4) is 0 Å². The molecule has 0 saturated carbocycles. The van der Waals surface area contributed by atoms with Gasteiger partial charge in [0.15, 0.2) is 18.0 Å². The molecule has 1 aliphatic heterocycles. The highest BCUT2D eigenvalue weighted by Gasteiger charge is 2.53. The number of ketones is 1. The summed E-state index contributed by atoms with van der Waals surface area (Å²) >= 11 is 0. The lowest BCUT2D eigenvalue weighted by Crippen LogP contribution is -2.63. The largest absolute Gasteiger partial charge is 0.463 e. The van der Waals surface area contributed by atoms with Crippen molar-refractivity contribution in [2.45, 2.75) is 58.4 Å². The first-order chi connectivity index (χ1) is 18.0. The van der Waals surface area contributed by atoms with Gasteiger partial charge in [-0.2, -0.15) is 0 Å². The van der Waals surface area contributed by atoms with E-state index in [4.69, 9.17) is 28.4 Å². The average Bonchev–Trinajstić information content (AvgIpc) is 2.86. The molecule has 2 aromatic rings. The number of rotatable bonds is 9. The number of hydrogen-bond donors (Lipinski definition) is 0. The second kappa shape index (κ2) is 12.8. The lowest BCUT2D eigenvalue weighted by molar-refractivity contribution is -0.288. The third-order valence-corrected chi connectivity index (χ3v) is 5.35. The summed E-state index contributed by atoms with van der Waals surface area (Å²) < 4.78 is 33.0. The molecule has 11 nitrogen and oxygen atoms in total. The first-order valence-corrected chi connectivity index (χ1v) is 11.7. The van der Waals surface area contributed by atoms with Gasteiger partial charge in [0, 0.05) is 38.8 Å². The van der Waals surface area contributed by atoms with Gasteiger partial charge in [0.2, 0.25) is 12.4 Å². The Kier molecular flexibility index (Phi) is 9.55. The van der Waals surface area contributed by atoms with Crippen LogP contribution in [0.5, 0.6) is 5.75 Å². The van der Waals surface area contributed by atoms with Gasteiger partial charge >= 0.3 is 23.9 Å². The van der Waals surface area contributed by atoms with E-state index in [0.29, 0.717) is 11.1 Å². The minimum atomic E-state index is -1.37. The third-order valence-electron chi connectivity index (χ3n) is 5.35. The maximum absolute atomic E-state index is 12.7. The zero-order valence-electron chi connectivity index (χ0n) is 21.3. The molecule has 11 heteroatoms. The molecule has 1 saturated heterocycles. The molecule has 1 heterocycles. The topological polar surface area (TPSA) is 141 Å². The SMILES string of the molecule is CC(=O)OC[C@H]1O[C@@H](Oc2ccc(C(=O)c3ccccc3)cc2)[C@H](OC(C)=O)[C@@H](OC(C)=O)[C@@H]1OC(C)=O. The monoisotopic (exact) mass is 528 g/mol. The van der Waals surface area contributed by atoms with E-state index in [1.54, 1.807) is 42.5 Å². The number of esters is 4. The average molecular weight is 529 g/mol. The lowest BCUT2D eigenvalue weighted by Gasteiger charge is -2.43. The second-order valence-corrected chi connectivity index (χ2v) is 8.41. The Hall–Kier alpha value is -4.25. The number of hydrogen-bond acceptors (Lipinski definition) is 11. The van der Waals surface area contributed by atoms with Crippen LogP contribution in [0.25, 0.3) is 0 Å². The summed E-state index contributed by atoms with van der Waals surface area (Å²) in [4.78, 5) is 59.8. The molecule has 38 heavy (non-hydrogen) atoms. The summed E-state index contributed by atoms with van der Waals surface area (Å²) in [6.07, 6.45) is -6.50. The molecule has 0 bridgehead atoms. The van der Waals surface area contributed by atoms with Gasteiger partial charge in [0.05, 0.1) is 0 Å². The van der Waals surface area contributed by atoms with Gasteiger partial charge in [-0.1, -0.05) is 30.3 Å². The first-order valence-electron chi connectivity index (χ1n) is 11.7. The molecule has 5 atom stereocenters. The number of carbonyl (C=O) groups is 5. The van der Waals surface area contributed by atoms with Gasteiger partial charge in [-0.05, 0) is 24.3 Å². The molecule has 3 rings (SSSR count). The van der Waals surface area contributed by atoms with Crippen molar-refractivity contribution < 1.29 is 52.4 Å². The van der Waals surface area contributed by atoms with Gasteiger partial charge < -0.3 is 28.4 Å². The fraction of sp³-hybridized carbons (Fsp3) is 0.370. The molecule has 0 radical (unpaired) electrons. The number of ether oxygens (including phenoxy) is 6. The zero-order valence-corrected chi connectivity index (χ0v) is 21.3. The van der Waals surface area contributed by atoms with E-state index in [1.807, 2.05) is 0 Å². The van der Waals surface area contributed by atoms with Crippen molar-refractivity contribution in [1.29, 1.82) is 0 Å². The van der Waals surface area contributed by atoms with Crippen molar-refractivity contribution in [3.63, 3.8) is 0 Å². The normalized spacial score (nSPS) is 22.5. The molecule has 1 aliphatic rings. The van der Waals surface area contributed by atoms with Crippen LogP contribution in [0, 0.1) is 0 Å². The highest BCUT2D eigenvalue weighted by Crippen LogP contribution is 2.31. The van der Waals surface area contributed by atoms with Crippen LogP contribution in [0.1, 0.15) is 43.6 Å². The van der Waals surface area contributed by atoms with E-state index in [9.17, 15) is 24.0 Å². The van der Waals surface area contributed by atoms with E-state index in [1.165, 1.54) is 19.1 Å². The maximum Gasteiger partial charge on any atom is 0.303 e. The summed E-state index contributed by atoms with van der Waals surface area (Å²) in [5, 5.41) is 0. The van der Waals surface area contributed by atoms with Crippen molar-refractivity contribution in [3.8, 4) is 5.75 Å². The van der Waals surface area contributed by atoms with Crippen LogP contribution in [0.4, 0.5) is 0 Å². The molecular formula is C27H28O11. The van der Waals surface area contributed by atoms with E-state index in [0.717, 1.165) is 20.8 Å². The summed E-state index contributed by atoms with van der Waals surface area (Å²) in [6.45, 7) is 4.21. The maximum atomic E-state index is 12.7. The molecule has 0 aliphatic carbocycles. The van der Waals surface area contributed by atoms with E-state index >= 15 is 0 Å². The Morgan fingerprint density at radius 1 is 0.658 bits per heavy atom. The van der Waals surface area contributed by atoms with Crippen LogP contribution in [0.15, 0.2) is 54.6 Å². The Morgan fingerprint density at radius 3 is 1.74 bits per heavy atom. The van der Waals surface area contributed by atoms with Gasteiger partial charge in [0.1, 0.15) is 18.5 Å². The summed E-state index contributed by atoms with van der Waals surface area (Å²) in [7, 11) is 0. The predicted octanol–water partition coefficient (Wildman–Crippen LogP) is 2.38. The van der Waals surface area contributed by atoms with E-state index < -0.39 is 54.6 Å². The minimum absolute atomic E-state index is 0.190. The molecule has 0 unspecified atom stereocenters. The van der Waals surface area contributed by atoms with Crippen LogP contribution >= 0.6 is 0 Å². The van der Waals surface area contributed by atoms with Gasteiger partial charge in [-0.15, -0.1) is 0 Å². The summed E-state index contributed by atoms with van der Waals surface area (Å²) in [6, 6.07) is 14.9. The quantitative estimate of drug-likeness (QED) is 0.269. The van der Waals surface area contributed by atoms with Gasteiger partial charge in [-0.25, -0.2) is 0 Å².